The first kappa shape index (κ1) is 34.8. The predicted octanol–water partition coefficient (Wildman–Crippen LogP) is 3.53. The number of carbonyl (C=O) groups is 2. The highest BCUT2D eigenvalue weighted by Crippen LogP contribution is 2.18. The van der Waals surface area contributed by atoms with Crippen molar-refractivity contribution in [3.05, 3.63) is 24.8 Å². The summed E-state index contributed by atoms with van der Waals surface area (Å²) < 4.78 is 42.6. The van der Waals surface area contributed by atoms with Crippen molar-refractivity contribution >= 4 is 29.5 Å². The molecule has 0 saturated heterocycles. The van der Waals surface area contributed by atoms with E-state index < -0.39 is 23.6 Å². The summed E-state index contributed by atoms with van der Waals surface area (Å²) in [5.74, 6) is -0.786. The Bertz CT molecular complexity index is 557. The molecular formula is C22H44O10Si2. The highest BCUT2D eigenvalue weighted by molar-refractivity contribution is 6.61. The van der Waals surface area contributed by atoms with Gasteiger partial charge in [-0.2, -0.15) is 0 Å². The number of carbonyl (C=O) groups excluding carboxylic acids is 2. The summed E-state index contributed by atoms with van der Waals surface area (Å²) in [6.07, 6.45) is 2.43. The Labute approximate surface area is 207 Å². The molecule has 0 heterocycles. The van der Waals surface area contributed by atoms with Gasteiger partial charge in [0.1, 0.15) is 0 Å². The van der Waals surface area contributed by atoms with E-state index in [-0.39, 0.29) is 5.97 Å². The van der Waals surface area contributed by atoms with Crippen LogP contribution in [0.5, 0.6) is 0 Å². The van der Waals surface area contributed by atoms with E-state index in [4.69, 9.17) is 36.0 Å². The summed E-state index contributed by atoms with van der Waals surface area (Å²) in [5, 5.41) is 0. The zero-order chi connectivity index (χ0) is 26.5. The molecule has 34 heavy (non-hydrogen) atoms. The molecule has 0 aliphatic carbocycles. The molecule has 0 spiro atoms. The van der Waals surface area contributed by atoms with Crippen LogP contribution in [-0.4, -0.2) is 83.9 Å². The molecule has 0 aromatic heterocycles. The first-order chi connectivity index (χ1) is 16.1. The van der Waals surface area contributed by atoms with Gasteiger partial charge >= 0.3 is 29.5 Å². The Morgan fingerprint density at radius 1 is 0.765 bits per heavy atom. The monoisotopic (exact) mass is 524 g/mol. The second-order valence-electron chi connectivity index (χ2n) is 6.77. The third-order valence-electron chi connectivity index (χ3n) is 4.27. The fourth-order valence-electron chi connectivity index (χ4n) is 2.65. The van der Waals surface area contributed by atoms with Crippen molar-refractivity contribution in [3.8, 4) is 0 Å². The summed E-state index contributed by atoms with van der Waals surface area (Å²) >= 11 is 0. The Balaban J connectivity index is 0. The lowest BCUT2D eigenvalue weighted by Gasteiger charge is -2.28. The summed E-state index contributed by atoms with van der Waals surface area (Å²) in [5.41, 5.74) is 0.405. The van der Waals surface area contributed by atoms with Crippen molar-refractivity contribution in [3.63, 3.8) is 0 Å². The molecule has 0 aromatic carbocycles. The maximum atomic E-state index is 11.2. The van der Waals surface area contributed by atoms with Gasteiger partial charge in [0.2, 0.25) is 0 Å². The van der Waals surface area contributed by atoms with Crippen molar-refractivity contribution in [1.29, 1.82) is 0 Å². The number of rotatable bonds is 19. The lowest BCUT2D eigenvalue weighted by Crippen LogP contribution is -2.46. The Hall–Kier alpha value is -1.39. The molecule has 0 amide bonds. The first-order valence-corrected chi connectivity index (χ1v) is 15.2. The smallest absolute Gasteiger partial charge is 0.463 e. The van der Waals surface area contributed by atoms with E-state index in [9.17, 15) is 9.59 Å². The topological polar surface area (TPSA) is 108 Å². The van der Waals surface area contributed by atoms with E-state index in [1.165, 1.54) is 0 Å². The molecule has 0 aliphatic heterocycles. The van der Waals surface area contributed by atoms with Crippen molar-refractivity contribution in [2.75, 3.05) is 54.4 Å². The fourth-order valence-corrected chi connectivity index (χ4v) is 6.92. The molecular weight excluding hydrogens is 480 g/mol. The number of esters is 2. The van der Waals surface area contributed by atoms with E-state index in [0.717, 1.165) is 6.08 Å². The van der Waals surface area contributed by atoms with Crippen LogP contribution >= 0.6 is 0 Å². The van der Waals surface area contributed by atoms with Crippen LogP contribution in [0.25, 0.3) is 0 Å². The molecule has 0 aromatic rings. The molecule has 0 radical (unpaired) electrons. The Morgan fingerprint density at radius 2 is 1.18 bits per heavy atom. The highest BCUT2D eigenvalue weighted by atomic mass is 28.4. The molecule has 0 unspecified atom stereocenters. The van der Waals surface area contributed by atoms with Gasteiger partial charge in [-0.1, -0.05) is 13.2 Å². The Kier molecular flexibility index (Phi) is 21.4. The second kappa shape index (κ2) is 20.9. The second-order valence-corrected chi connectivity index (χ2v) is 12.6. The summed E-state index contributed by atoms with van der Waals surface area (Å²) in [6.45, 7) is 16.5. The lowest BCUT2D eigenvalue weighted by atomic mass is 10.4. The molecule has 0 aliphatic rings. The standard InChI is InChI=1S/C13H26O5Si.C9H18O5Si/c1-6-16-19(17-7-2,18-8-3)11-9-10-15-13(14)12(4)5;1-5-9(10)14-7-6-8-15(11-2,12-3)13-4/h4,6-11H2,1-3,5H3;5H,1,6-8H2,2-4H3. The third kappa shape index (κ3) is 15.5. The van der Waals surface area contributed by atoms with Crippen molar-refractivity contribution in [1.82, 2.24) is 0 Å². The van der Waals surface area contributed by atoms with Gasteiger partial charge in [-0.3, -0.25) is 0 Å². The van der Waals surface area contributed by atoms with Crippen molar-refractivity contribution in [2.45, 2.75) is 52.6 Å². The minimum atomic E-state index is -2.61. The predicted molar refractivity (Wildman–Crippen MR) is 133 cm³/mol. The SMILES string of the molecule is C=C(C)C(=O)OCCC[Si](OCC)(OCC)OCC.C=CC(=O)OCCC[Si](OC)(OC)OC. The van der Waals surface area contributed by atoms with E-state index in [1.54, 1.807) is 28.3 Å². The largest absolute Gasteiger partial charge is 0.501 e. The molecule has 12 heteroatoms. The normalized spacial score (nSPS) is 11.3. The van der Waals surface area contributed by atoms with Crippen LogP contribution in [0.1, 0.15) is 40.5 Å². The van der Waals surface area contributed by atoms with Gasteiger partial charge in [0, 0.05) is 64.9 Å². The van der Waals surface area contributed by atoms with Crippen LogP contribution < -0.4 is 0 Å². The minimum Gasteiger partial charge on any atom is -0.463 e. The van der Waals surface area contributed by atoms with Crippen molar-refractivity contribution in [2.24, 2.45) is 0 Å². The number of hydrogen-bond acceptors (Lipinski definition) is 10. The van der Waals surface area contributed by atoms with Gasteiger partial charge < -0.3 is 36.0 Å². The van der Waals surface area contributed by atoms with Crippen LogP contribution in [-0.2, 0) is 45.6 Å². The number of ether oxygens (including phenoxy) is 2. The van der Waals surface area contributed by atoms with Gasteiger partial charge in [0.25, 0.3) is 0 Å². The average Bonchev–Trinajstić information content (AvgIpc) is 2.83. The fraction of sp³-hybridized carbons (Fsp3) is 0.727. The van der Waals surface area contributed by atoms with E-state index in [2.05, 4.69) is 13.2 Å². The quantitative estimate of drug-likeness (QED) is 0.108. The third-order valence-corrected chi connectivity index (χ3v) is 10.3. The van der Waals surface area contributed by atoms with Gasteiger partial charge in [0.05, 0.1) is 13.2 Å². The highest BCUT2D eigenvalue weighted by Gasteiger charge is 2.39. The van der Waals surface area contributed by atoms with Crippen LogP contribution in [0.4, 0.5) is 0 Å². The maximum absolute atomic E-state index is 11.2. The average molecular weight is 525 g/mol. The molecule has 0 fully saturated rings. The van der Waals surface area contributed by atoms with Crippen LogP contribution in [0, 0.1) is 0 Å². The molecule has 0 N–H and O–H groups in total. The van der Waals surface area contributed by atoms with E-state index in [1.807, 2.05) is 20.8 Å². The van der Waals surface area contributed by atoms with Gasteiger partial charge in [-0.05, 0) is 40.5 Å². The molecule has 0 atom stereocenters. The van der Waals surface area contributed by atoms with Gasteiger partial charge in [-0.15, -0.1) is 0 Å². The van der Waals surface area contributed by atoms with Gasteiger partial charge in [0.15, 0.2) is 0 Å². The summed E-state index contributed by atoms with van der Waals surface area (Å²) in [4.78, 5) is 22.0. The van der Waals surface area contributed by atoms with Crippen LogP contribution in [0.15, 0.2) is 24.8 Å². The summed E-state index contributed by atoms with van der Waals surface area (Å²) in [7, 11) is -0.473. The van der Waals surface area contributed by atoms with Crippen LogP contribution in [0.2, 0.25) is 12.1 Å². The molecule has 200 valence electrons. The Morgan fingerprint density at radius 3 is 1.53 bits per heavy atom. The lowest BCUT2D eigenvalue weighted by molar-refractivity contribution is -0.139. The zero-order valence-corrected chi connectivity index (χ0v) is 23.9. The first-order valence-electron chi connectivity index (χ1n) is 11.3. The maximum Gasteiger partial charge on any atom is 0.501 e. The van der Waals surface area contributed by atoms with Crippen molar-refractivity contribution < 1.29 is 45.6 Å². The van der Waals surface area contributed by atoms with Crippen LogP contribution in [0.3, 0.4) is 0 Å². The summed E-state index contributed by atoms with van der Waals surface area (Å²) in [6, 6.07) is 1.26. The van der Waals surface area contributed by atoms with Gasteiger partial charge in [-0.25, -0.2) is 9.59 Å². The van der Waals surface area contributed by atoms with E-state index >= 15 is 0 Å². The zero-order valence-electron chi connectivity index (χ0n) is 21.9. The molecule has 10 nitrogen and oxygen atoms in total. The number of hydrogen-bond donors (Lipinski definition) is 0. The minimum absolute atomic E-state index is 0.315. The van der Waals surface area contributed by atoms with E-state index in [0.29, 0.717) is 63.5 Å². The molecule has 0 rings (SSSR count). The molecule has 0 saturated carbocycles. The molecule has 0 bridgehead atoms.